The van der Waals surface area contributed by atoms with Crippen molar-refractivity contribution in [3.63, 3.8) is 0 Å². The van der Waals surface area contributed by atoms with Crippen molar-refractivity contribution in [2.24, 2.45) is 0 Å². The number of carbonyl (C=O) groups excluding carboxylic acids is 1. The van der Waals surface area contributed by atoms with E-state index in [4.69, 9.17) is 4.52 Å². The molecule has 3 rings (SSSR count). The summed E-state index contributed by atoms with van der Waals surface area (Å²) in [6.45, 7) is 8.08. The van der Waals surface area contributed by atoms with Crippen LogP contribution in [0.4, 0.5) is 0 Å². The van der Waals surface area contributed by atoms with Crippen molar-refractivity contribution >= 4 is 5.91 Å². The number of hydrogen-bond donors (Lipinski definition) is 2. The predicted octanol–water partition coefficient (Wildman–Crippen LogP) is 2.19. The van der Waals surface area contributed by atoms with Gasteiger partial charge in [0, 0.05) is 39.5 Å². The van der Waals surface area contributed by atoms with Gasteiger partial charge in [0.2, 0.25) is 5.89 Å². The quantitative estimate of drug-likeness (QED) is 0.676. The standard InChI is InChI=1S/C21H30N4O3/c1-15(2)18-7-5-17(6-8-18)13-25-12-4-10-21(27,20(25)26)14-22-11-9-19-23-16(3)28-24-19/h5-8,15,22,27H,4,9-14H2,1-3H3. The van der Waals surface area contributed by atoms with Gasteiger partial charge in [0.05, 0.1) is 0 Å². The van der Waals surface area contributed by atoms with Crippen molar-refractivity contribution in [1.82, 2.24) is 20.4 Å². The Hall–Kier alpha value is -2.25. The van der Waals surface area contributed by atoms with Gasteiger partial charge in [-0.05, 0) is 29.9 Å². The van der Waals surface area contributed by atoms with Gasteiger partial charge in [-0.1, -0.05) is 43.3 Å². The van der Waals surface area contributed by atoms with Gasteiger partial charge in [-0.25, -0.2) is 0 Å². The van der Waals surface area contributed by atoms with Gasteiger partial charge in [-0.3, -0.25) is 4.79 Å². The number of carbonyl (C=O) groups is 1. The summed E-state index contributed by atoms with van der Waals surface area (Å²) in [6, 6.07) is 8.37. The molecule has 1 unspecified atom stereocenters. The average molecular weight is 386 g/mol. The third-order valence-electron chi connectivity index (χ3n) is 5.24. The van der Waals surface area contributed by atoms with Gasteiger partial charge in [0.15, 0.2) is 11.4 Å². The van der Waals surface area contributed by atoms with Crippen molar-refractivity contribution in [3.05, 3.63) is 47.1 Å². The van der Waals surface area contributed by atoms with Gasteiger partial charge in [0.25, 0.3) is 5.91 Å². The zero-order valence-electron chi connectivity index (χ0n) is 16.9. The number of hydrogen-bond acceptors (Lipinski definition) is 6. The molecular weight excluding hydrogens is 356 g/mol. The summed E-state index contributed by atoms with van der Waals surface area (Å²) in [5.74, 6) is 1.44. The van der Waals surface area contributed by atoms with Gasteiger partial charge in [0.1, 0.15) is 0 Å². The van der Waals surface area contributed by atoms with Crippen LogP contribution in [0, 0.1) is 6.92 Å². The van der Waals surface area contributed by atoms with Gasteiger partial charge < -0.3 is 19.8 Å². The highest BCUT2D eigenvalue weighted by molar-refractivity contribution is 5.86. The largest absolute Gasteiger partial charge is 0.379 e. The Morgan fingerprint density at radius 2 is 2.07 bits per heavy atom. The van der Waals surface area contributed by atoms with E-state index in [9.17, 15) is 9.90 Å². The zero-order valence-corrected chi connectivity index (χ0v) is 16.9. The second kappa shape index (κ2) is 8.84. The number of rotatable bonds is 8. The van der Waals surface area contributed by atoms with Gasteiger partial charge >= 0.3 is 0 Å². The molecule has 1 aliphatic rings. The van der Waals surface area contributed by atoms with Crippen LogP contribution in [-0.4, -0.2) is 51.3 Å². The van der Waals surface area contributed by atoms with E-state index < -0.39 is 5.60 Å². The Bertz CT molecular complexity index is 787. The second-order valence-electron chi connectivity index (χ2n) is 7.91. The molecule has 1 fully saturated rings. The summed E-state index contributed by atoms with van der Waals surface area (Å²) in [5.41, 5.74) is 1.01. The maximum Gasteiger partial charge on any atom is 0.256 e. The molecule has 0 bridgehead atoms. The van der Waals surface area contributed by atoms with Crippen LogP contribution in [0.25, 0.3) is 0 Å². The van der Waals surface area contributed by atoms with Crippen molar-refractivity contribution in [3.8, 4) is 0 Å². The maximum atomic E-state index is 12.9. The Morgan fingerprint density at radius 3 is 2.71 bits per heavy atom. The lowest BCUT2D eigenvalue weighted by molar-refractivity contribution is -0.157. The molecule has 1 saturated heterocycles. The number of nitrogens with zero attached hydrogens (tertiary/aromatic N) is 3. The van der Waals surface area contributed by atoms with Gasteiger partial charge in [-0.15, -0.1) is 0 Å². The van der Waals surface area contributed by atoms with Crippen LogP contribution in [0.5, 0.6) is 0 Å². The third kappa shape index (κ3) is 4.97. The number of aromatic nitrogens is 2. The number of piperidine rings is 1. The molecule has 0 saturated carbocycles. The van der Waals surface area contributed by atoms with Crippen LogP contribution in [0.2, 0.25) is 0 Å². The monoisotopic (exact) mass is 386 g/mol. The van der Waals surface area contributed by atoms with Crippen LogP contribution in [0.3, 0.4) is 0 Å². The van der Waals surface area contributed by atoms with E-state index in [1.165, 1.54) is 5.56 Å². The molecule has 28 heavy (non-hydrogen) atoms. The molecule has 2 heterocycles. The average Bonchev–Trinajstić information content (AvgIpc) is 3.08. The first kappa shape index (κ1) is 20.5. The molecule has 1 atom stereocenters. The van der Waals surface area contributed by atoms with Crippen LogP contribution in [0.15, 0.2) is 28.8 Å². The smallest absolute Gasteiger partial charge is 0.256 e. The van der Waals surface area contributed by atoms with E-state index in [0.29, 0.717) is 50.1 Å². The second-order valence-corrected chi connectivity index (χ2v) is 7.91. The van der Waals surface area contributed by atoms with E-state index in [0.717, 1.165) is 12.0 Å². The highest BCUT2D eigenvalue weighted by atomic mass is 16.5. The third-order valence-corrected chi connectivity index (χ3v) is 5.24. The van der Waals surface area contributed by atoms with E-state index in [1.807, 2.05) is 0 Å². The molecule has 1 aliphatic heterocycles. The lowest BCUT2D eigenvalue weighted by atomic mass is 9.91. The molecule has 7 nitrogen and oxygen atoms in total. The number of likely N-dealkylation sites (tertiary alicyclic amines) is 1. The molecule has 2 aromatic rings. The van der Waals surface area contributed by atoms with Crippen molar-refractivity contribution in [1.29, 1.82) is 0 Å². The van der Waals surface area contributed by atoms with E-state index in [1.54, 1.807) is 11.8 Å². The molecule has 1 amide bonds. The van der Waals surface area contributed by atoms with E-state index >= 15 is 0 Å². The van der Waals surface area contributed by atoms with Crippen LogP contribution in [-0.2, 0) is 17.8 Å². The normalized spacial score (nSPS) is 20.2. The molecule has 2 N–H and O–H groups in total. The number of benzene rings is 1. The molecule has 152 valence electrons. The number of amides is 1. The fourth-order valence-corrected chi connectivity index (χ4v) is 3.55. The maximum absolute atomic E-state index is 12.9. The SMILES string of the molecule is Cc1nc(CCNCC2(O)CCCN(Cc3ccc(C(C)C)cc3)C2=O)no1. The Morgan fingerprint density at radius 1 is 1.32 bits per heavy atom. The van der Waals surface area contributed by atoms with Crippen molar-refractivity contribution in [2.75, 3.05) is 19.6 Å². The lowest BCUT2D eigenvalue weighted by Crippen LogP contribution is -2.57. The van der Waals surface area contributed by atoms with E-state index in [2.05, 4.69) is 53.6 Å². The molecule has 7 heteroatoms. The first-order valence-corrected chi connectivity index (χ1v) is 9.98. The van der Waals surface area contributed by atoms with Crippen LogP contribution in [0.1, 0.15) is 55.4 Å². The minimum absolute atomic E-state index is 0.199. The van der Waals surface area contributed by atoms with Crippen molar-refractivity contribution < 1.29 is 14.4 Å². The molecule has 0 spiro atoms. The Labute approximate surface area is 166 Å². The van der Waals surface area contributed by atoms with Crippen molar-refractivity contribution in [2.45, 2.75) is 58.1 Å². The topological polar surface area (TPSA) is 91.5 Å². The van der Waals surface area contributed by atoms with Crippen LogP contribution >= 0.6 is 0 Å². The minimum atomic E-state index is -1.36. The zero-order chi connectivity index (χ0) is 20.1. The summed E-state index contributed by atoms with van der Waals surface area (Å²) in [7, 11) is 0. The fraction of sp³-hybridized carbons (Fsp3) is 0.571. The highest BCUT2D eigenvalue weighted by Gasteiger charge is 2.41. The summed E-state index contributed by atoms with van der Waals surface area (Å²) < 4.78 is 4.94. The summed E-state index contributed by atoms with van der Waals surface area (Å²) in [5, 5.41) is 17.9. The first-order valence-electron chi connectivity index (χ1n) is 9.98. The Balaban J connectivity index is 1.53. The summed E-state index contributed by atoms with van der Waals surface area (Å²) >= 11 is 0. The predicted molar refractivity (Wildman–Crippen MR) is 106 cm³/mol. The first-order chi connectivity index (χ1) is 13.4. The number of aliphatic hydroxyl groups is 1. The van der Waals surface area contributed by atoms with Gasteiger partial charge in [-0.2, -0.15) is 4.98 Å². The molecule has 0 radical (unpaired) electrons. The van der Waals surface area contributed by atoms with Crippen LogP contribution < -0.4 is 5.32 Å². The number of nitrogens with one attached hydrogen (secondary N) is 1. The fourth-order valence-electron chi connectivity index (χ4n) is 3.55. The number of aryl methyl sites for hydroxylation is 1. The molecule has 1 aromatic heterocycles. The lowest BCUT2D eigenvalue weighted by Gasteiger charge is -2.38. The highest BCUT2D eigenvalue weighted by Crippen LogP contribution is 2.24. The summed E-state index contributed by atoms with van der Waals surface area (Å²) in [4.78, 5) is 18.8. The molecule has 0 aliphatic carbocycles. The Kier molecular flexibility index (Phi) is 6.46. The minimum Gasteiger partial charge on any atom is -0.379 e. The van der Waals surface area contributed by atoms with E-state index in [-0.39, 0.29) is 12.5 Å². The molecule has 1 aromatic carbocycles. The summed E-state index contributed by atoms with van der Waals surface area (Å²) in [6.07, 6.45) is 1.86. The molecular formula is C21H30N4O3.